The van der Waals surface area contributed by atoms with Crippen molar-refractivity contribution in [3.63, 3.8) is 0 Å². The van der Waals surface area contributed by atoms with Crippen LogP contribution in [0.15, 0.2) is 24.3 Å². The van der Waals surface area contributed by atoms with E-state index in [9.17, 15) is 4.79 Å². The molecule has 0 fully saturated rings. The minimum atomic E-state index is -1.05. The van der Waals surface area contributed by atoms with Crippen LogP contribution >= 0.6 is 34.8 Å². The summed E-state index contributed by atoms with van der Waals surface area (Å²) in [7, 11) is 0. The molecular weight excluding hydrogens is 373 g/mol. The number of anilines is 2. The quantitative estimate of drug-likeness (QED) is 0.780. The number of nitrogens with two attached hydrogens (primary N) is 1. The number of halogens is 3. The third-order valence-electron chi connectivity index (χ3n) is 3.70. The van der Waals surface area contributed by atoms with E-state index in [0.717, 1.165) is 0 Å². The van der Waals surface area contributed by atoms with Gasteiger partial charge in [-0.15, -0.1) is 0 Å². The minimum absolute atomic E-state index is 0.104. The van der Waals surface area contributed by atoms with Gasteiger partial charge in [0.05, 0.1) is 16.6 Å². The fraction of sp³-hybridized carbons (Fsp3) is 0.250. The van der Waals surface area contributed by atoms with Crippen LogP contribution < -0.4 is 15.4 Å². The normalized spacial score (nSPS) is 15.9. The monoisotopic (exact) mass is 385 g/mol. The highest BCUT2D eigenvalue weighted by Crippen LogP contribution is 2.40. The number of ether oxygens (including phenoxy) is 1. The van der Waals surface area contributed by atoms with Gasteiger partial charge in [0.15, 0.2) is 17.2 Å². The summed E-state index contributed by atoms with van der Waals surface area (Å²) in [5.41, 5.74) is 5.24. The van der Waals surface area contributed by atoms with Crippen molar-refractivity contribution in [2.75, 3.05) is 10.6 Å². The van der Waals surface area contributed by atoms with E-state index in [1.807, 2.05) is 0 Å². The van der Waals surface area contributed by atoms with E-state index in [-0.39, 0.29) is 18.3 Å². The molecule has 0 bridgehead atoms. The average Bonchev–Trinajstić information content (AvgIpc) is 2.52. The van der Waals surface area contributed by atoms with E-state index >= 15 is 0 Å². The van der Waals surface area contributed by atoms with Gasteiger partial charge in [-0.1, -0.05) is 34.8 Å². The second-order valence-electron chi connectivity index (χ2n) is 5.88. The van der Waals surface area contributed by atoms with Gasteiger partial charge in [0, 0.05) is 10.6 Å². The van der Waals surface area contributed by atoms with Gasteiger partial charge in [0.1, 0.15) is 5.82 Å². The van der Waals surface area contributed by atoms with E-state index in [4.69, 9.17) is 45.3 Å². The van der Waals surface area contributed by atoms with Gasteiger partial charge >= 0.3 is 0 Å². The molecule has 0 atom stereocenters. The van der Waals surface area contributed by atoms with Crippen molar-refractivity contribution >= 4 is 52.3 Å². The number of nitrogen functional groups attached to an aromatic ring is 1. The maximum atomic E-state index is 12.8. The van der Waals surface area contributed by atoms with Crippen LogP contribution in [0.1, 0.15) is 19.4 Å². The molecule has 24 heavy (non-hydrogen) atoms. The molecule has 2 aromatic rings. The van der Waals surface area contributed by atoms with E-state index < -0.39 is 5.60 Å². The van der Waals surface area contributed by atoms with Gasteiger partial charge in [-0.3, -0.25) is 9.69 Å². The van der Waals surface area contributed by atoms with Crippen molar-refractivity contribution in [3.8, 4) is 5.75 Å². The molecule has 1 aliphatic heterocycles. The second-order valence-corrected chi connectivity index (χ2v) is 7.08. The van der Waals surface area contributed by atoms with Crippen LogP contribution in [0.2, 0.25) is 15.1 Å². The van der Waals surface area contributed by atoms with Crippen molar-refractivity contribution in [1.29, 1.82) is 0 Å². The maximum absolute atomic E-state index is 12.8. The molecule has 2 heterocycles. The molecule has 0 saturated heterocycles. The highest BCUT2D eigenvalue weighted by atomic mass is 35.5. The van der Waals surface area contributed by atoms with E-state index in [1.165, 1.54) is 4.90 Å². The average molecular weight is 387 g/mol. The largest absolute Gasteiger partial charge is 0.474 e. The van der Waals surface area contributed by atoms with Crippen LogP contribution in [0, 0.1) is 0 Å². The first-order valence-electron chi connectivity index (χ1n) is 7.10. The Morgan fingerprint density at radius 1 is 1.17 bits per heavy atom. The number of benzene rings is 1. The fourth-order valence-corrected chi connectivity index (χ4v) is 3.15. The topological polar surface area (TPSA) is 68.5 Å². The summed E-state index contributed by atoms with van der Waals surface area (Å²) in [5, 5.41) is 1.07. The van der Waals surface area contributed by atoms with Crippen molar-refractivity contribution in [1.82, 2.24) is 4.98 Å². The summed E-state index contributed by atoms with van der Waals surface area (Å²) >= 11 is 18.6. The van der Waals surface area contributed by atoms with Gasteiger partial charge in [0.25, 0.3) is 5.91 Å². The van der Waals surface area contributed by atoms with E-state index in [2.05, 4.69) is 4.98 Å². The Morgan fingerprint density at radius 2 is 1.83 bits per heavy atom. The molecule has 1 aromatic heterocycles. The molecule has 0 saturated carbocycles. The van der Waals surface area contributed by atoms with Crippen LogP contribution in [0.4, 0.5) is 11.6 Å². The Labute approximate surface area is 154 Å². The third kappa shape index (κ3) is 2.88. The van der Waals surface area contributed by atoms with Gasteiger partial charge < -0.3 is 10.5 Å². The molecule has 3 rings (SSSR count). The zero-order valence-corrected chi connectivity index (χ0v) is 15.2. The number of nitrogens with zero attached hydrogens (tertiary/aromatic N) is 2. The molecule has 1 amide bonds. The minimum Gasteiger partial charge on any atom is -0.474 e. The third-order valence-corrected chi connectivity index (χ3v) is 4.89. The Hall–Kier alpha value is -1.69. The predicted molar refractivity (Wildman–Crippen MR) is 96.0 cm³/mol. The van der Waals surface area contributed by atoms with Crippen LogP contribution in [0.3, 0.4) is 0 Å². The fourth-order valence-electron chi connectivity index (χ4n) is 2.48. The molecule has 0 radical (unpaired) electrons. The molecule has 0 aliphatic carbocycles. The highest BCUT2D eigenvalue weighted by Gasteiger charge is 2.42. The molecular formula is C16H14Cl3N3O2. The lowest BCUT2D eigenvalue weighted by Crippen LogP contribution is -2.52. The Bertz CT molecular complexity index is 840. The molecule has 0 spiro atoms. The zero-order chi connectivity index (χ0) is 17.6. The number of hydrogen-bond acceptors (Lipinski definition) is 4. The van der Waals surface area contributed by atoms with E-state index in [1.54, 1.807) is 38.1 Å². The molecule has 8 heteroatoms. The summed E-state index contributed by atoms with van der Waals surface area (Å²) < 4.78 is 5.74. The second kappa shape index (κ2) is 5.99. The summed E-state index contributed by atoms with van der Waals surface area (Å²) in [6.07, 6.45) is 0. The molecule has 2 N–H and O–H groups in total. The summed E-state index contributed by atoms with van der Waals surface area (Å²) in [6, 6.07) is 6.53. The first-order chi connectivity index (χ1) is 11.2. The number of fused-ring (bicyclic) bond motifs is 1. The number of amides is 1. The SMILES string of the molecule is CC1(C)Oc2ccc(N)nc2N(Cc2c(Cl)ccc(Cl)c2Cl)C1=O. The first kappa shape index (κ1) is 17.1. The van der Waals surface area contributed by atoms with Crippen molar-refractivity contribution in [2.45, 2.75) is 26.0 Å². The lowest BCUT2D eigenvalue weighted by Gasteiger charge is -2.38. The number of hydrogen-bond donors (Lipinski definition) is 1. The van der Waals surface area contributed by atoms with E-state index in [0.29, 0.717) is 32.2 Å². The van der Waals surface area contributed by atoms with Gasteiger partial charge in [-0.25, -0.2) is 4.98 Å². The summed E-state index contributed by atoms with van der Waals surface area (Å²) in [5.74, 6) is 0.785. The zero-order valence-electron chi connectivity index (χ0n) is 12.9. The summed E-state index contributed by atoms with van der Waals surface area (Å²) in [4.78, 5) is 18.5. The van der Waals surface area contributed by atoms with Crippen molar-refractivity contribution in [3.05, 3.63) is 44.9 Å². The summed E-state index contributed by atoms with van der Waals surface area (Å²) in [6.45, 7) is 3.47. The van der Waals surface area contributed by atoms with Gasteiger partial charge in [-0.2, -0.15) is 0 Å². The first-order valence-corrected chi connectivity index (χ1v) is 8.24. The predicted octanol–water partition coefficient (Wildman–Crippen LogP) is 4.33. The van der Waals surface area contributed by atoms with Crippen LogP contribution in [0.5, 0.6) is 5.75 Å². The Balaban J connectivity index is 2.12. The Kier molecular flexibility index (Phi) is 4.28. The lowest BCUT2D eigenvalue weighted by molar-refractivity contribution is -0.132. The molecule has 1 aromatic carbocycles. The van der Waals surface area contributed by atoms with Gasteiger partial charge in [0.2, 0.25) is 0 Å². The number of aromatic nitrogens is 1. The highest BCUT2D eigenvalue weighted by molar-refractivity contribution is 6.44. The number of carbonyl (C=O) groups excluding carboxylic acids is 1. The number of pyridine rings is 1. The van der Waals surface area contributed by atoms with Gasteiger partial charge in [-0.05, 0) is 38.1 Å². The molecule has 5 nitrogen and oxygen atoms in total. The smallest absolute Gasteiger partial charge is 0.272 e. The number of rotatable bonds is 2. The van der Waals surface area contributed by atoms with Crippen molar-refractivity contribution in [2.24, 2.45) is 0 Å². The lowest BCUT2D eigenvalue weighted by atomic mass is 10.0. The van der Waals surface area contributed by atoms with Crippen LogP contribution in [0.25, 0.3) is 0 Å². The molecule has 126 valence electrons. The van der Waals surface area contributed by atoms with Crippen LogP contribution in [-0.4, -0.2) is 16.5 Å². The molecule has 1 aliphatic rings. The Morgan fingerprint density at radius 3 is 2.54 bits per heavy atom. The van der Waals surface area contributed by atoms with Crippen molar-refractivity contribution < 1.29 is 9.53 Å². The molecule has 0 unspecified atom stereocenters. The van der Waals surface area contributed by atoms with Crippen LogP contribution in [-0.2, 0) is 11.3 Å². The number of carbonyl (C=O) groups is 1. The standard InChI is InChI=1S/C16H14Cl3N3O2/c1-16(2)15(23)22(14-11(24-16)5-6-12(20)21-14)7-8-9(17)3-4-10(18)13(8)19/h3-6H,7H2,1-2H3,(H2,20,21). The maximum Gasteiger partial charge on any atom is 0.272 e.